The molecule has 7 nitrogen and oxygen atoms in total. The molecule has 2 unspecified atom stereocenters. The Balaban J connectivity index is 1.23. The van der Waals surface area contributed by atoms with Gasteiger partial charge in [-0.2, -0.15) is 4.98 Å². The molecule has 2 N–H and O–H groups in total. The number of aromatic nitrogens is 2. The van der Waals surface area contributed by atoms with Crippen LogP contribution in [-0.4, -0.2) is 53.2 Å². The van der Waals surface area contributed by atoms with Crippen LogP contribution < -0.4 is 10.6 Å². The first-order valence-electron chi connectivity index (χ1n) is 10.8. The summed E-state index contributed by atoms with van der Waals surface area (Å²) in [5, 5.41) is 10.6. The van der Waals surface area contributed by atoms with Gasteiger partial charge < -0.3 is 15.2 Å². The first-order chi connectivity index (χ1) is 13.3. The fraction of sp³-hybridized carbons (Fsp3) is 0.850. The van der Waals surface area contributed by atoms with Crippen molar-refractivity contribution in [1.82, 2.24) is 25.7 Å². The molecule has 1 saturated carbocycles. The quantitative estimate of drug-likeness (QED) is 0.793. The molecule has 1 aromatic rings. The molecule has 0 aromatic carbocycles. The molecule has 3 aliphatic rings. The van der Waals surface area contributed by atoms with E-state index >= 15 is 0 Å². The third-order valence-electron chi connectivity index (χ3n) is 6.35. The van der Waals surface area contributed by atoms with E-state index in [0.29, 0.717) is 11.8 Å². The molecule has 0 spiro atoms. The zero-order valence-electron chi connectivity index (χ0n) is 16.3. The lowest BCUT2D eigenvalue weighted by molar-refractivity contribution is -0.123. The van der Waals surface area contributed by atoms with E-state index in [4.69, 9.17) is 4.52 Å². The Morgan fingerprint density at radius 1 is 1.15 bits per heavy atom. The van der Waals surface area contributed by atoms with Crippen molar-refractivity contribution < 1.29 is 9.32 Å². The molecule has 2 atom stereocenters. The Bertz CT molecular complexity index is 607. The third-order valence-corrected chi connectivity index (χ3v) is 6.35. The molecule has 2 aliphatic heterocycles. The standard InChI is InChI=1S/C20H33N5O2/c26-19(17-9-4-10-21-17)22-12-15-6-5-11-25(13-15)14-18-23-20(27-24-18)16-7-2-1-3-8-16/h15-17,21H,1-14H2,(H,22,26). The van der Waals surface area contributed by atoms with Crippen LogP contribution in [0, 0.1) is 5.92 Å². The Morgan fingerprint density at radius 2 is 2.04 bits per heavy atom. The molecule has 1 amide bonds. The first kappa shape index (κ1) is 18.9. The second-order valence-electron chi connectivity index (χ2n) is 8.52. The van der Waals surface area contributed by atoms with Gasteiger partial charge in [0.05, 0.1) is 12.6 Å². The number of nitrogens with zero attached hydrogens (tertiary/aromatic N) is 3. The number of likely N-dealkylation sites (tertiary alicyclic amines) is 1. The molecule has 150 valence electrons. The summed E-state index contributed by atoms with van der Waals surface area (Å²) in [7, 11) is 0. The summed E-state index contributed by atoms with van der Waals surface area (Å²) in [5.41, 5.74) is 0. The highest BCUT2D eigenvalue weighted by atomic mass is 16.5. The lowest BCUT2D eigenvalue weighted by Crippen LogP contribution is -2.45. The first-order valence-corrected chi connectivity index (χ1v) is 10.8. The summed E-state index contributed by atoms with van der Waals surface area (Å²) < 4.78 is 5.56. The highest BCUT2D eigenvalue weighted by Gasteiger charge is 2.26. The number of amides is 1. The summed E-state index contributed by atoms with van der Waals surface area (Å²) in [6.07, 6.45) is 10.7. The summed E-state index contributed by atoms with van der Waals surface area (Å²) in [4.78, 5) is 19.3. The van der Waals surface area contributed by atoms with Gasteiger partial charge in [-0.3, -0.25) is 9.69 Å². The van der Waals surface area contributed by atoms with Crippen molar-refractivity contribution in [3.05, 3.63) is 11.7 Å². The minimum atomic E-state index is 0.0160. The zero-order chi connectivity index (χ0) is 18.5. The van der Waals surface area contributed by atoms with Crippen molar-refractivity contribution in [2.45, 2.75) is 76.3 Å². The molecule has 3 fully saturated rings. The van der Waals surface area contributed by atoms with E-state index in [2.05, 4.69) is 25.7 Å². The van der Waals surface area contributed by atoms with E-state index in [1.54, 1.807) is 0 Å². The maximum absolute atomic E-state index is 12.2. The van der Waals surface area contributed by atoms with Gasteiger partial charge in [-0.25, -0.2) is 0 Å². The van der Waals surface area contributed by atoms with Gasteiger partial charge >= 0.3 is 0 Å². The summed E-state index contributed by atoms with van der Waals surface area (Å²) in [6, 6.07) is 0.0160. The smallest absolute Gasteiger partial charge is 0.237 e. The number of hydrogen-bond acceptors (Lipinski definition) is 6. The second kappa shape index (κ2) is 9.15. The maximum Gasteiger partial charge on any atom is 0.237 e. The fourth-order valence-corrected chi connectivity index (χ4v) is 4.79. The van der Waals surface area contributed by atoms with Crippen molar-refractivity contribution in [2.75, 3.05) is 26.2 Å². The van der Waals surface area contributed by atoms with Gasteiger partial charge in [0, 0.05) is 19.0 Å². The molecule has 3 heterocycles. The van der Waals surface area contributed by atoms with Crippen LogP contribution in [0.3, 0.4) is 0 Å². The molecule has 0 radical (unpaired) electrons. The fourth-order valence-electron chi connectivity index (χ4n) is 4.79. The number of rotatable bonds is 6. The average molecular weight is 376 g/mol. The van der Waals surface area contributed by atoms with Gasteiger partial charge in [0.15, 0.2) is 5.82 Å². The highest BCUT2D eigenvalue weighted by molar-refractivity contribution is 5.81. The van der Waals surface area contributed by atoms with Crippen LogP contribution >= 0.6 is 0 Å². The van der Waals surface area contributed by atoms with Crippen LogP contribution in [0.25, 0.3) is 0 Å². The summed E-state index contributed by atoms with van der Waals surface area (Å²) in [6.45, 7) is 4.55. The number of carbonyl (C=O) groups is 1. The molecule has 2 saturated heterocycles. The maximum atomic E-state index is 12.2. The minimum Gasteiger partial charge on any atom is -0.354 e. The van der Waals surface area contributed by atoms with E-state index in [-0.39, 0.29) is 11.9 Å². The largest absolute Gasteiger partial charge is 0.354 e. The van der Waals surface area contributed by atoms with Gasteiger partial charge in [0.1, 0.15) is 0 Å². The Kier molecular flexibility index (Phi) is 6.39. The molecule has 4 rings (SSSR count). The molecule has 7 heteroatoms. The van der Waals surface area contributed by atoms with Crippen molar-refractivity contribution in [3.63, 3.8) is 0 Å². The Hall–Kier alpha value is -1.47. The van der Waals surface area contributed by atoms with Crippen molar-refractivity contribution in [3.8, 4) is 0 Å². The summed E-state index contributed by atoms with van der Waals surface area (Å²) >= 11 is 0. The van der Waals surface area contributed by atoms with Crippen LogP contribution in [0.5, 0.6) is 0 Å². The lowest BCUT2D eigenvalue weighted by atomic mass is 9.89. The molecule has 0 bridgehead atoms. The van der Waals surface area contributed by atoms with Crippen molar-refractivity contribution >= 4 is 5.91 Å². The molecule has 1 aliphatic carbocycles. The lowest BCUT2D eigenvalue weighted by Gasteiger charge is -2.32. The number of piperidine rings is 1. The second-order valence-corrected chi connectivity index (χ2v) is 8.52. The van der Waals surface area contributed by atoms with E-state index in [1.807, 2.05) is 0 Å². The van der Waals surface area contributed by atoms with Gasteiger partial charge in [0.2, 0.25) is 11.8 Å². The van der Waals surface area contributed by atoms with Crippen molar-refractivity contribution in [1.29, 1.82) is 0 Å². The number of hydrogen-bond donors (Lipinski definition) is 2. The minimum absolute atomic E-state index is 0.0160. The Morgan fingerprint density at radius 3 is 2.85 bits per heavy atom. The van der Waals surface area contributed by atoms with E-state index in [9.17, 15) is 4.79 Å². The van der Waals surface area contributed by atoms with Gasteiger partial charge in [-0.05, 0) is 57.5 Å². The Labute approximate surface area is 161 Å². The molecule has 1 aromatic heterocycles. The van der Waals surface area contributed by atoms with Crippen LogP contribution in [0.2, 0.25) is 0 Å². The van der Waals surface area contributed by atoms with Gasteiger partial charge in [-0.15, -0.1) is 0 Å². The van der Waals surface area contributed by atoms with Crippen LogP contribution in [0.15, 0.2) is 4.52 Å². The monoisotopic (exact) mass is 375 g/mol. The van der Waals surface area contributed by atoms with Crippen LogP contribution in [-0.2, 0) is 11.3 Å². The average Bonchev–Trinajstić information content (AvgIpc) is 3.39. The van der Waals surface area contributed by atoms with Crippen LogP contribution in [0.4, 0.5) is 0 Å². The number of carbonyl (C=O) groups excluding carboxylic acids is 1. The van der Waals surface area contributed by atoms with E-state index in [0.717, 1.165) is 63.7 Å². The molecular weight excluding hydrogens is 342 g/mol. The molecule has 27 heavy (non-hydrogen) atoms. The van der Waals surface area contributed by atoms with Crippen LogP contribution in [0.1, 0.15) is 75.4 Å². The highest BCUT2D eigenvalue weighted by Crippen LogP contribution is 2.31. The van der Waals surface area contributed by atoms with Crippen molar-refractivity contribution in [2.24, 2.45) is 5.92 Å². The number of nitrogens with one attached hydrogen (secondary N) is 2. The summed E-state index contributed by atoms with van der Waals surface area (Å²) in [5.74, 6) is 2.80. The van der Waals surface area contributed by atoms with Gasteiger partial charge in [0.25, 0.3) is 0 Å². The van der Waals surface area contributed by atoms with E-state index < -0.39 is 0 Å². The zero-order valence-corrected chi connectivity index (χ0v) is 16.3. The van der Waals surface area contributed by atoms with E-state index in [1.165, 1.54) is 38.5 Å². The van der Waals surface area contributed by atoms with Gasteiger partial charge in [-0.1, -0.05) is 24.4 Å². The normalized spacial score (nSPS) is 27.7. The molecular formula is C20H33N5O2. The predicted octanol–water partition coefficient (Wildman–Crippen LogP) is 2.20. The predicted molar refractivity (Wildman–Crippen MR) is 102 cm³/mol. The SMILES string of the molecule is O=C(NCC1CCCN(Cc2noc(C3CCCCC3)n2)C1)C1CCCN1. The third kappa shape index (κ3) is 5.08. The topological polar surface area (TPSA) is 83.3 Å².